The number of aryl methyl sites for hydroxylation is 3. The number of hydrogen-bond acceptors (Lipinski definition) is 7. The van der Waals surface area contributed by atoms with E-state index in [2.05, 4.69) is 26.8 Å². The smallest absolute Gasteiger partial charge is 0.287 e. The highest BCUT2D eigenvalue weighted by Crippen LogP contribution is 2.30. The molecule has 1 saturated heterocycles. The van der Waals surface area contributed by atoms with E-state index >= 15 is 0 Å². The topological polar surface area (TPSA) is 109 Å². The van der Waals surface area contributed by atoms with Crippen LogP contribution in [0.2, 0.25) is 0 Å². The van der Waals surface area contributed by atoms with Crippen molar-refractivity contribution in [2.45, 2.75) is 52.9 Å². The molecular weight excluding hydrogens is 484 g/mol. The third kappa shape index (κ3) is 5.68. The molecule has 9 heteroatoms. The zero-order valence-electron chi connectivity index (χ0n) is 22.4. The number of nitrogens with zero attached hydrogens (tertiary/aromatic N) is 2. The molecule has 2 aromatic heterocycles. The Morgan fingerprint density at radius 3 is 2.74 bits per heavy atom. The lowest BCUT2D eigenvalue weighted by Crippen LogP contribution is -2.38. The van der Waals surface area contributed by atoms with Gasteiger partial charge in [-0.15, -0.1) is 0 Å². The average Bonchev–Trinajstić information content (AvgIpc) is 3.47. The number of carbonyl (C=O) groups is 2. The summed E-state index contributed by atoms with van der Waals surface area (Å²) in [4.78, 5) is 28.0. The van der Waals surface area contributed by atoms with Gasteiger partial charge in [-0.2, -0.15) is 5.10 Å². The van der Waals surface area contributed by atoms with Gasteiger partial charge in [-0.05, 0) is 63.8 Å². The van der Waals surface area contributed by atoms with Crippen LogP contribution in [-0.2, 0) is 22.4 Å². The van der Waals surface area contributed by atoms with Crippen LogP contribution < -0.4 is 10.7 Å². The summed E-state index contributed by atoms with van der Waals surface area (Å²) in [6.07, 6.45) is 4.99. The SMILES string of the molecule is Cc1cc(C)c2c(CC(=O)N/N=C3\CCCc4oc(C(=O)NCCCN5CCOCC5)c(C)c43)coc2c1. The van der Waals surface area contributed by atoms with Crippen molar-refractivity contribution in [2.24, 2.45) is 5.10 Å². The molecule has 38 heavy (non-hydrogen) atoms. The molecule has 1 fully saturated rings. The number of nitrogens with one attached hydrogen (secondary N) is 2. The summed E-state index contributed by atoms with van der Waals surface area (Å²) in [5.74, 6) is 0.663. The number of ether oxygens (including phenoxy) is 1. The van der Waals surface area contributed by atoms with E-state index in [0.717, 1.165) is 102 Å². The van der Waals surface area contributed by atoms with E-state index in [4.69, 9.17) is 13.6 Å². The van der Waals surface area contributed by atoms with Gasteiger partial charge in [0, 0.05) is 48.1 Å². The molecule has 0 bridgehead atoms. The summed E-state index contributed by atoms with van der Waals surface area (Å²) in [5, 5.41) is 8.43. The molecule has 3 aromatic rings. The van der Waals surface area contributed by atoms with E-state index in [9.17, 15) is 9.59 Å². The number of hydrazone groups is 1. The number of carbonyl (C=O) groups excluding carboxylic acids is 2. The Morgan fingerprint density at radius 2 is 1.92 bits per heavy atom. The summed E-state index contributed by atoms with van der Waals surface area (Å²) >= 11 is 0. The van der Waals surface area contributed by atoms with Crippen molar-refractivity contribution in [3.05, 3.63) is 57.7 Å². The number of furan rings is 2. The molecule has 2 N–H and O–H groups in total. The van der Waals surface area contributed by atoms with Gasteiger partial charge in [0.1, 0.15) is 11.3 Å². The van der Waals surface area contributed by atoms with Crippen molar-refractivity contribution in [1.29, 1.82) is 0 Å². The standard InChI is InChI=1S/C29H36N4O5/c1-18-14-19(2)26-21(17-37-24(26)15-18)16-25(34)32-31-22-6-4-7-23-27(22)20(3)28(38-23)29(35)30-8-5-9-33-10-12-36-13-11-33/h14-15,17H,4-13,16H2,1-3H3,(H,30,35)(H,32,34)/b31-22+. The third-order valence-corrected chi connectivity index (χ3v) is 7.33. The molecule has 1 aliphatic carbocycles. The van der Waals surface area contributed by atoms with Crippen LogP contribution in [0.15, 0.2) is 32.3 Å². The van der Waals surface area contributed by atoms with Gasteiger partial charge in [0.05, 0.1) is 31.6 Å². The van der Waals surface area contributed by atoms with Crippen molar-refractivity contribution >= 4 is 28.5 Å². The Hall–Kier alpha value is -3.43. The highest BCUT2D eigenvalue weighted by molar-refractivity contribution is 6.06. The Bertz CT molecular complexity index is 1360. The molecule has 0 spiro atoms. The van der Waals surface area contributed by atoms with Crippen molar-refractivity contribution in [3.8, 4) is 0 Å². The highest BCUT2D eigenvalue weighted by Gasteiger charge is 2.28. The normalized spacial score (nSPS) is 17.1. The number of rotatable bonds is 8. The Kier molecular flexibility index (Phi) is 7.95. The van der Waals surface area contributed by atoms with Gasteiger partial charge in [0.2, 0.25) is 5.91 Å². The van der Waals surface area contributed by atoms with Crippen molar-refractivity contribution in [1.82, 2.24) is 15.6 Å². The molecule has 1 aromatic carbocycles. The maximum absolute atomic E-state index is 12.9. The van der Waals surface area contributed by atoms with E-state index in [1.54, 1.807) is 6.26 Å². The Balaban J connectivity index is 1.21. The molecule has 0 radical (unpaired) electrons. The Morgan fingerprint density at radius 1 is 1.11 bits per heavy atom. The first kappa shape index (κ1) is 26.2. The minimum absolute atomic E-state index is 0.170. The second-order valence-electron chi connectivity index (χ2n) is 10.3. The van der Waals surface area contributed by atoms with Crippen LogP contribution in [0, 0.1) is 20.8 Å². The largest absolute Gasteiger partial charge is 0.464 e. The van der Waals surface area contributed by atoms with Crippen LogP contribution in [0.1, 0.15) is 63.4 Å². The molecule has 202 valence electrons. The molecule has 2 amide bonds. The fourth-order valence-electron chi connectivity index (χ4n) is 5.51. The summed E-state index contributed by atoms with van der Waals surface area (Å²) in [6, 6.07) is 4.07. The molecule has 3 heterocycles. The zero-order valence-corrected chi connectivity index (χ0v) is 22.4. The predicted molar refractivity (Wildman–Crippen MR) is 145 cm³/mol. The molecule has 5 rings (SSSR count). The summed E-state index contributed by atoms with van der Waals surface area (Å²) < 4.78 is 17.1. The fraction of sp³-hybridized carbons (Fsp3) is 0.483. The third-order valence-electron chi connectivity index (χ3n) is 7.33. The average molecular weight is 521 g/mol. The minimum atomic E-state index is -0.216. The van der Waals surface area contributed by atoms with E-state index in [0.29, 0.717) is 18.7 Å². The first-order valence-electron chi connectivity index (χ1n) is 13.4. The van der Waals surface area contributed by atoms with Crippen LogP contribution in [-0.4, -0.2) is 61.8 Å². The monoisotopic (exact) mass is 520 g/mol. The van der Waals surface area contributed by atoms with Gasteiger partial charge in [0.25, 0.3) is 5.91 Å². The van der Waals surface area contributed by atoms with Gasteiger partial charge >= 0.3 is 0 Å². The van der Waals surface area contributed by atoms with Crippen molar-refractivity contribution in [2.75, 3.05) is 39.4 Å². The first-order chi connectivity index (χ1) is 18.4. The number of amides is 2. The van der Waals surface area contributed by atoms with Gasteiger partial charge in [-0.25, -0.2) is 5.43 Å². The fourth-order valence-corrected chi connectivity index (χ4v) is 5.51. The second-order valence-corrected chi connectivity index (χ2v) is 10.3. The van der Waals surface area contributed by atoms with Crippen LogP contribution >= 0.6 is 0 Å². The maximum Gasteiger partial charge on any atom is 0.287 e. The first-order valence-corrected chi connectivity index (χ1v) is 13.4. The van der Waals surface area contributed by atoms with Crippen LogP contribution in [0.5, 0.6) is 0 Å². The molecule has 2 aliphatic rings. The zero-order chi connectivity index (χ0) is 26.6. The molecule has 0 unspecified atom stereocenters. The van der Waals surface area contributed by atoms with Gasteiger partial charge in [0.15, 0.2) is 5.76 Å². The van der Waals surface area contributed by atoms with E-state index in [1.807, 2.05) is 26.8 Å². The van der Waals surface area contributed by atoms with Gasteiger partial charge < -0.3 is 18.9 Å². The minimum Gasteiger partial charge on any atom is -0.464 e. The van der Waals surface area contributed by atoms with Gasteiger partial charge in [-0.1, -0.05) is 6.07 Å². The number of hydrogen-bond donors (Lipinski definition) is 2. The summed E-state index contributed by atoms with van der Waals surface area (Å²) in [5.41, 5.74) is 8.91. The highest BCUT2D eigenvalue weighted by atomic mass is 16.5. The summed E-state index contributed by atoms with van der Waals surface area (Å²) in [6.45, 7) is 10.9. The maximum atomic E-state index is 12.9. The van der Waals surface area contributed by atoms with Crippen LogP contribution in [0.4, 0.5) is 0 Å². The van der Waals surface area contributed by atoms with Crippen LogP contribution in [0.25, 0.3) is 11.0 Å². The quantitative estimate of drug-likeness (QED) is 0.345. The molecule has 0 atom stereocenters. The van der Waals surface area contributed by atoms with Crippen molar-refractivity contribution < 1.29 is 23.2 Å². The molecule has 0 saturated carbocycles. The van der Waals surface area contributed by atoms with E-state index in [1.165, 1.54) is 0 Å². The van der Waals surface area contributed by atoms with E-state index < -0.39 is 0 Å². The Labute approximate surface area is 222 Å². The molecule has 1 aliphatic heterocycles. The lowest BCUT2D eigenvalue weighted by molar-refractivity contribution is -0.120. The molecular formula is C29H36N4O5. The number of morpholine rings is 1. The number of benzene rings is 1. The van der Waals surface area contributed by atoms with Crippen LogP contribution in [0.3, 0.4) is 0 Å². The number of fused-ring (bicyclic) bond motifs is 2. The van der Waals surface area contributed by atoms with Crippen molar-refractivity contribution in [3.63, 3.8) is 0 Å². The molecule has 9 nitrogen and oxygen atoms in total. The summed E-state index contributed by atoms with van der Waals surface area (Å²) in [7, 11) is 0. The van der Waals surface area contributed by atoms with E-state index in [-0.39, 0.29) is 18.2 Å². The lowest BCUT2D eigenvalue weighted by atomic mass is 9.93. The predicted octanol–water partition coefficient (Wildman–Crippen LogP) is 3.80. The lowest BCUT2D eigenvalue weighted by Gasteiger charge is -2.26. The second kappa shape index (κ2) is 11.5. The van der Waals surface area contributed by atoms with Gasteiger partial charge in [-0.3, -0.25) is 14.5 Å².